The zero-order valence-corrected chi connectivity index (χ0v) is 13.0. The molecule has 1 aliphatic heterocycles. The molecule has 0 bridgehead atoms. The number of aromatic carboxylic acids is 1. The first-order valence-electron chi connectivity index (χ1n) is 6.58. The molecule has 0 radical (unpaired) electrons. The molecule has 0 amide bonds. The summed E-state index contributed by atoms with van der Waals surface area (Å²) in [5.41, 5.74) is 0.519. The second-order valence-electron chi connectivity index (χ2n) is 6.45. The van der Waals surface area contributed by atoms with E-state index in [9.17, 15) is 4.79 Å². The molecule has 1 aromatic carbocycles. The van der Waals surface area contributed by atoms with Crippen molar-refractivity contribution in [1.82, 2.24) is 0 Å². The molecule has 0 saturated carbocycles. The van der Waals surface area contributed by atoms with E-state index in [2.05, 4.69) is 4.90 Å². The first-order chi connectivity index (χ1) is 9.10. The number of benzene rings is 1. The summed E-state index contributed by atoms with van der Waals surface area (Å²) in [6.07, 6.45) is 0. The monoisotopic (exact) mass is 297 g/mol. The minimum absolute atomic E-state index is 0.127. The number of anilines is 1. The lowest BCUT2D eigenvalue weighted by atomic mass is 9.98. The van der Waals surface area contributed by atoms with Crippen molar-refractivity contribution in [3.63, 3.8) is 0 Å². The molecule has 5 heteroatoms. The molecule has 0 atom stereocenters. The highest BCUT2D eigenvalue weighted by Crippen LogP contribution is 2.33. The summed E-state index contributed by atoms with van der Waals surface area (Å²) < 4.78 is 6.04. The molecule has 1 aromatic rings. The summed E-state index contributed by atoms with van der Waals surface area (Å²) in [6.45, 7) is 9.67. The van der Waals surface area contributed by atoms with Crippen LogP contribution in [0.3, 0.4) is 0 Å². The minimum Gasteiger partial charge on any atom is -0.478 e. The van der Waals surface area contributed by atoms with Crippen LogP contribution in [0.5, 0.6) is 0 Å². The third-order valence-corrected chi connectivity index (χ3v) is 3.56. The maximum absolute atomic E-state index is 11.0. The van der Waals surface area contributed by atoms with Crippen LogP contribution in [0.1, 0.15) is 38.1 Å². The number of rotatable bonds is 2. The predicted molar refractivity (Wildman–Crippen MR) is 79.9 cm³/mol. The van der Waals surface area contributed by atoms with Gasteiger partial charge in [-0.3, -0.25) is 0 Å². The van der Waals surface area contributed by atoms with Gasteiger partial charge in [0.2, 0.25) is 0 Å². The Hall–Kier alpha value is -1.26. The van der Waals surface area contributed by atoms with E-state index >= 15 is 0 Å². The first kappa shape index (κ1) is 15.1. The molecule has 20 heavy (non-hydrogen) atoms. The summed E-state index contributed by atoms with van der Waals surface area (Å²) in [7, 11) is 0. The number of carboxylic acid groups (broad SMARTS) is 1. The molecule has 1 N–H and O–H groups in total. The summed E-state index contributed by atoms with van der Waals surface area (Å²) in [6, 6.07) is 5.06. The van der Waals surface area contributed by atoms with Gasteiger partial charge in [0, 0.05) is 18.8 Å². The van der Waals surface area contributed by atoms with Crippen LogP contribution in [-0.4, -0.2) is 35.4 Å². The van der Waals surface area contributed by atoms with Crippen molar-refractivity contribution in [3.05, 3.63) is 28.8 Å². The number of hydrogen-bond acceptors (Lipinski definition) is 3. The van der Waals surface area contributed by atoms with Gasteiger partial charge in [0.25, 0.3) is 0 Å². The molecule has 0 spiro atoms. The Labute approximate surface area is 124 Å². The van der Waals surface area contributed by atoms with Gasteiger partial charge >= 0.3 is 5.97 Å². The number of carboxylic acids is 1. The Morgan fingerprint density at radius 1 is 1.25 bits per heavy atom. The molecule has 2 rings (SSSR count). The quantitative estimate of drug-likeness (QED) is 0.908. The molecule has 1 fully saturated rings. The van der Waals surface area contributed by atoms with Crippen LogP contribution >= 0.6 is 11.6 Å². The Morgan fingerprint density at radius 3 is 2.25 bits per heavy atom. The Kier molecular flexibility index (Phi) is 3.73. The van der Waals surface area contributed by atoms with Gasteiger partial charge in [0.05, 0.1) is 21.8 Å². The zero-order chi connectivity index (χ0) is 15.1. The average Bonchev–Trinajstić information content (AvgIpc) is 2.23. The van der Waals surface area contributed by atoms with E-state index in [1.165, 1.54) is 0 Å². The van der Waals surface area contributed by atoms with Crippen LogP contribution in [0.15, 0.2) is 18.2 Å². The van der Waals surface area contributed by atoms with Crippen LogP contribution in [-0.2, 0) is 4.74 Å². The standard InChI is InChI=1S/C15H20ClNO3/c1-14(2)8-17(9-15(3,4)20-14)10-5-6-11(13(18)19)12(16)7-10/h5-7H,8-9H2,1-4H3,(H,18,19). The third-order valence-electron chi connectivity index (χ3n) is 3.24. The van der Waals surface area contributed by atoms with Crippen molar-refractivity contribution in [1.29, 1.82) is 0 Å². The highest BCUT2D eigenvalue weighted by atomic mass is 35.5. The second-order valence-corrected chi connectivity index (χ2v) is 6.85. The molecule has 1 heterocycles. The maximum atomic E-state index is 11.0. The molecular formula is C15H20ClNO3. The Bertz CT molecular complexity index is 524. The van der Waals surface area contributed by atoms with Crippen LogP contribution in [0.2, 0.25) is 5.02 Å². The lowest BCUT2D eigenvalue weighted by Gasteiger charge is -2.48. The Morgan fingerprint density at radius 2 is 1.80 bits per heavy atom. The number of ether oxygens (including phenoxy) is 1. The SMILES string of the molecule is CC1(C)CN(c2ccc(C(=O)O)c(Cl)c2)CC(C)(C)O1. The van der Waals surface area contributed by atoms with Crippen molar-refractivity contribution in [2.45, 2.75) is 38.9 Å². The minimum atomic E-state index is -1.01. The number of halogens is 1. The number of carbonyl (C=O) groups is 1. The summed E-state index contributed by atoms with van der Waals surface area (Å²) in [4.78, 5) is 13.2. The van der Waals surface area contributed by atoms with E-state index < -0.39 is 5.97 Å². The first-order valence-corrected chi connectivity index (χ1v) is 6.95. The van der Waals surface area contributed by atoms with Crippen molar-refractivity contribution in [3.8, 4) is 0 Å². The lowest BCUT2D eigenvalue weighted by molar-refractivity contribution is -0.133. The van der Waals surface area contributed by atoms with Crippen molar-refractivity contribution in [2.75, 3.05) is 18.0 Å². The van der Waals surface area contributed by atoms with E-state index in [1.807, 2.05) is 27.7 Å². The molecule has 0 unspecified atom stereocenters. The number of nitrogens with zero attached hydrogens (tertiary/aromatic N) is 1. The van der Waals surface area contributed by atoms with Crippen LogP contribution < -0.4 is 4.90 Å². The highest BCUT2D eigenvalue weighted by molar-refractivity contribution is 6.33. The lowest BCUT2D eigenvalue weighted by Crippen LogP contribution is -2.57. The largest absolute Gasteiger partial charge is 0.478 e. The van der Waals surface area contributed by atoms with Gasteiger partial charge in [-0.15, -0.1) is 0 Å². The van der Waals surface area contributed by atoms with Crippen LogP contribution in [0.25, 0.3) is 0 Å². The topological polar surface area (TPSA) is 49.8 Å². The normalized spacial score (nSPS) is 20.8. The molecule has 1 saturated heterocycles. The average molecular weight is 298 g/mol. The van der Waals surface area contributed by atoms with Gasteiger partial charge in [0.15, 0.2) is 0 Å². The van der Waals surface area contributed by atoms with Crippen molar-refractivity contribution >= 4 is 23.3 Å². The predicted octanol–water partition coefficient (Wildman–Crippen LogP) is 3.43. The summed E-state index contributed by atoms with van der Waals surface area (Å²) in [5.74, 6) is -1.01. The smallest absolute Gasteiger partial charge is 0.337 e. The molecule has 110 valence electrons. The second kappa shape index (κ2) is 4.93. The summed E-state index contributed by atoms with van der Waals surface area (Å²) in [5, 5.41) is 9.28. The van der Waals surface area contributed by atoms with Gasteiger partial charge < -0.3 is 14.7 Å². The van der Waals surface area contributed by atoms with E-state index in [0.29, 0.717) is 0 Å². The van der Waals surface area contributed by atoms with Gasteiger partial charge in [-0.2, -0.15) is 0 Å². The van der Waals surface area contributed by atoms with Gasteiger partial charge in [0.1, 0.15) is 0 Å². The fourth-order valence-corrected chi connectivity index (χ4v) is 3.10. The highest BCUT2D eigenvalue weighted by Gasteiger charge is 2.38. The molecule has 0 aromatic heterocycles. The van der Waals surface area contributed by atoms with E-state index in [1.54, 1.807) is 18.2 Å². The number of hydrogen-bond donors (Lipinski definition) is 1. The fourth-order valence-electron chi connectivity index (χ4n) is 2.84. The summed E-state index contributed by atoms with van der Waals surface area (Å²) >= 11 is 6.05. The van der Waals surface area contributed by atoms with E-state index in [-0.39, 0.29) is 21.8 Å². The third kappa shape index (κ3) is 3.25. The fraction of sp³-hybridized carbons (Fsp3) is 0.533. The maximum Gasteiger partial charge on any atom is 0.337 e. The van der Waals surface area contributed by atoms with Crippen molar-refractivity contribution < 1.29 is 14.6 Å². The molecule has 4 nitrogen and oxygen atoms in total. The van der Waals surface area contributed by atoms with Crippen LogP contribution in [0.4, 0.5) is 5.69 Å². The molecule has 1 aliphatic rings. The van der Waals surface area contributed by atoms with E-state index in [4.69, 9.17) is 21.4 Å². The van der Waals surface area contributed by atoms with Crippen molar-refractivity contribution in [2.24, 2.45) is 0 Å². The molecular weight excluding hydrogens is 278 g/mol. The molecule has 0 aliphatic carbocycles. The zero-order valence-electron chi connectivity index (χ0n) is 12.2. The van der Waals surface area contributed by atoms with Gasteiger partial charge in [-0.25, -0.2) is 4.79 Å². The van der Waals surface area contributed by atoms with Gasteiger partial charge in [-0.1, -0.05) is 11.6 Å². The Balaban J connectivity index is 2.32. The van der Waals surface area contributed by atoms with Crippen LogP contribution in [0, 0.1) is 0 Å². The van der Waals surface area contributed by atoms with Gasteiger partial charge in [-0.05, 0) is 45.9 Å². The van der Waals surface area contributed by atoms with E-state index in [0.717, 1.165) is 18.8 Å². The number of morpholine rings is 1.